The summed E-state index contributed by atoms with van der Waals surface area (Å²) >= 11 is 0. The van der Waals surface area contributed by atoms with E-state index in [9.17, 15) is 4.57 Å². The number of nitriles is 1. The SMILES string of the molecule is COP(=O)(OC)c1[nH]nc(C#N)c1C1=C[CH]C=C1.[CH]1C=CC=C1.[Fe]. The molecule has 8 heteroatoms. The van der Waals surface area contributed by atoms with Crippen molar-refractivity contribution in [2.45, 2.75) is 0 Å². The number of aromatic amines is 1. The Labute approximate surface area is 151 Å². The van der Waals surface area contributed by atoms with Crippen molar-refractivity contribution >= 4 is 18.6 Å². The van der Waals surface area contributed by atoms with Crippen molar-refractivity contribution in [3.05, 3.63) is 66.6 Å². The number of aromatic nitrogens is 2. The molecule has 0 spiro atoms. The maximum atomic E-state index is 12.4. The van der Waals surface area contributed by atoms with Gasteiger partial charge in [-0.25, -0.2) is 0 Å². The summed E-state index contributed by atoms with van der Waals surface area (Å²) in [6.07, 6.45) is 17.2. The third-order valence-corrected chi connectivity index (χ3v) is 4.95. The van der Waals surface area contributed by atoms with E-state index in [0.29, 0.717) is 5.56 Å². The van der Waals surface area contributed by atoms with Gasteiger partial charge in [0.05, 0.1) is 5.56 Å². The first-order valence-electron chi connectivity index (χ1n) is 6.75. The first-order valence-corrected chi connectivity index (χ1v) is 8.30. The fourth-order valence-corrected chi connectivity index (χ4v) is 3.20. The summed E-state index contributed by atoms with van der Waals surface area (Å²) in [4.78, 5) is 0. The molecular formula is C16H16FeN3O3P. The predicted octanol–water partition coefficient (Wildman–Crippen LogP) is 2.86. The van der Waals surface area contributed by atoms with Crippen molar-refractivity contribution in [1.29, 1.82) is 5.26 Å². The minimum Gasteiger partial charge on any atom is -0.308 e. The van der Waals surface area contributed by atoms with Crippen LogP contribution in [0.25, 0.3) is 5.57 Å². The Balaban J connectivity index is 0.000000412. The Morgan fingerprint density at radius 1 is 1.12 bits per heavy atom. The molecule has 1 aromatic heterocycles. The number of H-pyrrole nitrogens is 1. The molecule has 0 bridgehead atoms. The summed E-state index contributed by atoms with van der Waals surface area (Å²) in [6.45, 7) is 0. The van der Waals surface area contributed by atoms with E-state index < -0.39 is 7.60 Å². The number of hydrogen-bond acceptors (Lipinski definition) is 5. The number of allylic oxidation sites excluding steroid dienone is 8. The molecule has 2 aliphatic rings. The van der Waals surface area contributed by atoms with E-state index in [-0.39, 0.29) is 28.2 Å². The van der Waals surface area contributed by atoms with Crippen LogP contribution in [-0.4, -0.2) is 24.4 Å². The first kappa shape index (κ1) is 20.4. The Bertz CT molecular complexity index is 754. The maximum Gasteiger partial charge on any atom is 0.379 e. The van der Waals surface area contributed by atoms with Crippen LogP contribution in [0.15, 0.2) is 42.5 Å². The Morgan fingerprint density at radius 2 is 1.79 bits per heavy atom. The van der Waals surface area contributed by atoms with Crippen LogP contribution in [0.4, 0.5) is 0 Å². The Hall–Kier alpha value is -1.67. The number of hydrogen-bond donors (Lipinski definition) is 1. The van der Waals surface area contributed by atoms with Gasteiger partial charge in [-0.2, -0.15) is 10.4 Å². The maximum absolute atomic E-state index is 12.4. The molecule has 0 unspecified atom stereocenters. The van der Waals surface area contributed by atoms with Gasteiger partial charge in [0.25, 0.3) is 0 Å². The molecular weight excluding hydrogens is 369 g/mol. The molecule has 0 saturated carbocycles. The van der Waals surface area contributed by atoms with E-state index in [2.05, 4.69) is 10.2 Å². The molecule has 1 N–H and O–H groups in total. The summed E-state index contributed by atoms with van der Waals surface area (Å²) in [5.74, 6) is 0. The van der Waals surface area contributed by atoms with Gasteiger partial charge in [0.1, 0.15) is 6.07 Å². The van der Waals surface area contributed by atoms with E-state index in [0.717, 1.165) is 5.57 Å². The van der Waals surface area contributed by atoms with Crippen LogP contribution in [0.1, 0.15) is 11.3 Å². The van der Waals surface area contributed by atoms with Gasteiger partial charge in [-0.05, 0) is 5.57 Å². The van der Waals surface area contributed by atoms with Gasteiger partial charge in [-0.3, -0.25) is 9.66 Å². The summed E-state index contributed by atoms with van der Waals surface area (Å²) < 4.78 is 22.2. The van der Waals surface area contributed by atoms with Crippen molar-refractivity contribution in [3.8, 4) is 6.07 Å². The summed E-state index contributed by atoms with van der Waals surface area (Å²) in [5, 5.41) is 15.4. The average molecular weight is 385 g/mol. The minimum atomic E-state index is -3.47. The van der Waals surface area contributed by atoms with Crippen LogP contribution >= 0.6 is 7.60 Å². The van der Waals surface area contributed by atoms with E-state index >= 15 is 0 Å². The van der Waals surface area contributed by atoms with Crippen LogP contribution in [0, 0.1) is 24.2 Å². The van der Waals surface area contributed by atoms with Gasteiger partial charge in [0.15, 0.2) is 11.1 Å². The quantitative estimate of drug-likeness (QED) is 0.636. The third-order valence-electron chi connectivity index (χ3n) is 3.11. The van der Waals surface area contributed by atoms with E-state index in [1.807, 2.05) is 49.3 Å². The largest absolute Gasteiger partial charge is 0.379 e. The number of nitrogens with zero attached hydrogens (tertiary/aromatic N) is 2. The molecule has 0 aliphatic heterocycles. The topological polar surface area (TPSA) is 88.0 Å². The average Bonchev–Trinajstić information content (AvgIpc) is 3.36. The molecule has 0 amide bonds. The molecule has 24 heavy (non-hydrogen) atoms. The van der Waals surface area contributed by atoms with Crippen LogP contribution in [0.2, 0.25) is 0 Å². The van der Waals surface area contributed by atoms with Gasteiger partial charge in [0, 0.05) is 44.1 Å². The van der Waals surface area contributed by atoms with E-state index in [4.69, 9.17) is 14.3 Å². The van der Waals surface area contributed by atoms with Crippen molar-refractivity contribution in [3.63, 3.8) is 0 Å². The first-order chi connectivity index (χ1) is 11.2. The van der Waals surface area contributed by atoms with E-state index in [1.165, 1.54) is 14.2 Å². The smallest absolute Gasteiger partial charge is 0.308 e. The zero-order chi connectivity index (χ0) is 16.7. The molecule has 1 aromatic rings. The van der Waals surface area contributed by atoms with Crippen molar-refractivity contribution in [2.24, 2.45) is 0 Å². The van der Waals surface area contributed by atoms with Gasteiger partial charge >= 0.3 is 7.60 Å². The Kier molecular flexibility index (Phi) is 8.14. The van der Waals surface area contributed by atoms with Crippen LogP contribution in [0.5, 0.6) is 0 Å². The molecule has 126 valence electrons. The van der Waals surface area contributed by atoms with Crippen LogP contribution in [-0.2, 0) is 30.7 Å². The number of nitrogens with one attached hydrogen (secondary N) is 1. The van der Waals surface area contributed by atoms with Crippen molar-refractivity contribution in [2.75, 3.05) is 14.2 Å². The molecule has 2 radical (unpaired) electrons. The van der Waals surface area contributed by atoms with Gasteiger partial charge in [-0.1, -0.05) is 42.5 Å². The Morgan fingerprint density at radius 3 is 2.21 bits per heavy atom. The molecule has 0 aromatic carbocycles. The second kappa shape index (κ2) is 9.58. The fraction of sp³-hybridized carbons (Fsp3) is 0.125. The normalized spacial score (nSPS) is 14.6. The molecule has 0 fully saturated rings. The zero-order valence-electron chi connectivity index (χ0n) is 13.1. The second-order valence-electron chi connectivity index (χ2n) is 4.41. The van der Waals surface area contributed by atoms with Crippen LogP contribution < -0.4 is 5.44 Å². The summed E-state index contributed by atoms with van der Waals surface area (Å²) in [7, 11) is -0.906. The molecule has 0 saturated heterocycles. The van der Waals surface area contributed by atoms with Gasteiger partial charge < -0.3 is 9.05 Å². The standard InChI is InChI=1S/C11H11N3O3P.C5H5.Fe/c1-16-18(15,17-2)11-10(8-5-3-4-6-8)9(7-12)13-14-11;1-2-4-5-3-1;/h3-6H,1-2H3,(H,13,14);1-5H;. The summed E-state index contributed by atoms with van der Waals surface area (Å²) in [5.41, 5.74) is 1.54. The summed E-state index contributed by atoms with van der Waals surface area (Å²) in [6, 6.07) is 1.95. The molecule has 2 aliphatic carbocycles. The van der Waals surface area contributed by atoms with Crippen molar-refractivity contribution in [1.82, 2.24) is 10.2 Å². The minimum absolute atomic E-state index is 0. The molecule has 0 atom stereocenters. The molecule has 6 nitrogen and oxygen atoms in total. The monoisotopic (exact) mass is 385 g/mol. The third kappa shape index (κ3) is 4.45. The number of rotatable bonds is 4. The van der Waals surface area contributed by atoms with Crippen LogP contribution in [0.3, 0.4) is 0 Å². The van der Waals surface area contributed by atoms with Gasteiger partial charge in [-0.15, -0.1) is 0 Å². The van der Waals surface area contributed by atoms with E-state index in [1.54, 1.807) is 12.2 Å². The van der Waals surface area contributed by atoms with Crippen molar-refractivity contribution < 1.29 is 30.7 Å². The second-order valence-corrected chi connectivity index (χ2v) is 6.58. The molecule has 3 rings (SSSR count). The fourth-order valence-electron chi connectivity index (χ4n) is 2.00. The zero-order valence-corrected chi connectivity index (χ0v) is 15.1. The predicted molar refractivity (Wildman–Crippen MR) is 88.6 cm³/mol. The molecule has 1 heterocycles. The van der Waals surface area contributed by atoms with Gasteiger partial charge in [0.2, 0.25) is 0 Å².